The van der Waals surface area contributed by atoms with Crippen LogP contribution in [-0.4, -0.2) is 34.5 Å². The summed E-state index contributed by atoms with van der Waals surface area (Å²) in [7, 11) is 0. The molecule has 1 saturated heterocycles. The van der Waals surface area contributed by atoms with Crippen LogP contribution in [0.2, 0.25) is 0 Å². The summed E-state index contributed by atoms with van der Waals surface area (Å²) in [6, 6.07) is 0. The maximum atomic E-state index is 11.6. The molecule has 4 nitrogen and oxygen atoms in total. The van der Waals surface area contributed by atoms with Gasteiger partial charge >= 0.3 is 5.97 Å². The molecule has 0 spiro atoms. The van der Waals surface area contributed by atoms with E-state index in [-0.39, 0.29) is 17.9 Å². The van der Waals surface area contributed by atoms with Gasteiger partial charge in [-0.1, -0.05) is 25.2 Å². The third-order valence-corrected chi connectivity index (χ3v) is 5.30. The van der Waals surface area contributed by atoms with Gasteiger partial charge in [-0.2, -0.15) is 0 Å². The van der Waals surface area contributed by atoms with Gasteiger partial charge in [-0.25, -0.2) is 4.79 Å². The Hall–Kier alpha value is -1.13. The van der Waals surface area contributed by atoms with Crippen LogP contribution in [-0.2, 0) is 9.53 Å². The van der Waals surface area contributed by atoms with Gasteiger partial charge in [0.25, 0.3) is 0 Å². The Morgan fingerprint density at radius 2 is 2.16 bits per heavy atom. The second-order valence-corrected chi connectivity index (χ2v) is 6.37. The number of aliphatic hydroxyl groups is 2. The van der Waals surface area contributed by atoms with Crippen molar-refractivity contribution in [3.8, 4) is 0 Å². The fraction of sp³-hybridized carbons (Fsp3) is 0.667. The third-order valence-electron chi connectivity index (χ3n) is 5.30. The highest BCUT2D eigenvalue weighted by Crippen LogP contribution is 2.55. The van der Waals surface area contributed by atoms with Gasteiger partial charge in [0.2, 0.25) is 0 Å². The Morgan fingerprint density at radius 3 is 2.84 bits per heavy atom. The third kappa shape index (κ3) is 1.56. The number of carbonyl (C=O) groups excluding carboxylic acids is 1. The molecule has 3 rings (SSSR count). The van der Waals surface area contributed by atoms with Gasteiger partial charge in [-0.3, -0.25) is 0 Å². The lowest BCUT2D eigenvalue weighted by molar-refractivity contribution is -0.154. The van der Waals surface area contributed by atoms with Crippen molar-refractivity contribution in [2.24, 2.45) is 17.3 Å². The predicted octanol–water partition coefficient (Wildman–Crippen LogP) is 1.18. The largest absolute Gasteiger partial charge is 0.458 e. The minimum absolute atomic E-state index is 0.135. The summed E-state index contributed by atoms with van der Waals surface area (Å²) in [6.45, 7) is 7.72. The van der Waals surface area contributed by atoms with E-state index in [0.29, 0.717) is 18.4 Å². The van der Waals surface area contributed by atoms with E-state index < -0.39 is 23.6 Å². The van der Waals surface area contributed by atoms with E-state index in [1.54, 1.807) is 0 Å². The maximum Gasteiger partial charge on any atom is 0.334 e. The quantitative estimate of drug-likeness (QED) is 0.392. The Bertz CT molecular complexity index is 481. The molecular formula is C15H20O4. The lowest BCUT2D eigenvalue weighted by Gasteiger charge is -2.53. The van der Waals surface area contributed by atoms with Crippen molar-refractivity contribution < 1.29 is 19.7 Å². The molecule has 3 aliphatic rings. The van der Waals surface area contributed by atoms with Crippen molar-refractivity contribution in [3.05, 3.63) is 23.8 Å². The van der Waals surface area contributed by atoms with E-state index in [1.807, 2.05) is 19.9 Å². The summed E-state index contributed by atoms with van der Waals surface area (Å²) in [6.07, 6.45) is 1.59. The molecule has 4 heteroatoms. The van der Waals surface area contributed by atoms with Crippen molar-refractivity contribution in [3.63, 3.8) is 0 Å². The van der Waals surface area contributed by atoms with Crippen LogP contribution in [0.3, 0.4) is 0 Å². The number of hydrogen-bond acceptors (Lipinski definition) is 4. The molecule has 0 amide bonds. The lowest BCUT2D eigenvalue weighted by atomic mass is 9.54. The van der Waals surface area contributed by atoms with Gasteiger partial charge in [0, 0.05) is 16.9 Å². The Labute approximate surface area is 112 Å². The molecule has 0 radical (unpaired) electrons. The van der Waals surface area contributed by atoms with Crippen molar-refractivity contribution in [1.29, 1.82) is 0 Å². The van der Waals surface area contributed by atoms with E-state index in [0.717, 1.165) is 5.57 Å². The average Bonchev–Trinajstić information content (AvgIpc) is 2.60. The molecule has 2 fully saturated rings. The number of rotatable bonds is 0. The second-order valence-electron chi connectivity index (χ2n) is 6.37. The SMILES string of the molecule is C=C1C(=O)OC2C[C@]3(C)[C@H](C(C)=CC[C@@H]3O)[C@@H](O)C12. The van der Waals surface area contributed by atoms with E-state index in [1.165, 1.54) is 0 Å². The molecule has 104 valence electrons. The highest BCUT2D eigenvalue weighted by atomic mass is 16.6. The molecule has 19 heavy (non-hydrogen) atoms. The molecule has 2 N–H and O–H groups in total. The number of ether oxygens (including phenoxy) is 1. The Balaban J connectivity index is 2.04. The standard InChI is InChI=1S/C15H20O4/c1-7-4-5-10(16)15(3)6-9-11(13(17)12(7)15)8(2)14(18)19-9/h4,9-13,16-17H,2,5-6H2,1,3H3/t9?,10-,11?,12+,13-,15-/m0/s1. The van der Waals surface area contributed by atoms with Gasteiger partial charge in [0.15, 0.2) is 0 Å². The van der Waals surface area contributed by atoms with Gasteiger partial charge in [0.1, 0.15) is 6.10 Å². The Morgan fingerprint density at radius 1 is 1.47 bits per heavy atom. The molecule has 0 aromatic carbocycles. The topological polar surface area (TPSA) is 66.8 Å². The van der Waals surface area contributed by atoms with Crippen molar-refractivity contribution >= 4 is 5.97 Å². The highest BCUT2D eigenvalue weighted by Gasteiger charge is 2.59. The van der Waals surface area contributed by atoms with Gasteiger partial charge < -0.3 is 14.9 Å². The number of hydrogen-bond donors (Lipinski definition) is 2. The van der Waals surface area contributed by atoms with E-state index in [9.17, 15) is 15.0 Å². The van der Waals surface area contributed by atoms with Crippen molar-refractivity contribution in [2.45, 2.75) is 45.0 Å². The first kappa shape index (κ1) is 12.9. The van der Waals surface area contributed by atoms with Crippen LogP contribution < -0.4 is 0 Å². The Kier molecular flexibility index (Phi) is 2.67. The number of fused-ring (bicyclic) bond motifs is 2. The summed E-state index contributed by atoms with van der Waals surface area (Å²) in [5, 5.41) is 21.0. The maximum absolute atomic E-state index is 11.6. The summed E-state index contributed by atoms with van der Waals surface area (Å²) in [4.78, 5) is 11.6. The first-order valence-corrected chi connectivity index (χ1v) is 6.79. The minimum Gasteiger partial charge on any atom is -0.458 e. The van der Waals surface area contributed by atoms with E-state index in [2.05, 4.69) is 6.58 Å². The monoisotopic (exact) mass is 264 g/mol. The number of carbonyl (C=O) groups is 1. The zero-order valence-electron chi connectivity index (χ0n) is 11.3. The average molecular weight is 264 g/mol. The zero-order valence-corrected chi connectivity index (χ0v) is 11.3. The minimum atomic E-state index is -0.714. The van der Waals surface area contributed by atoms with Crippen molar-refractivity contribution in [1.82, 2.24) is 0 Å². The van der Waals surface area contributed by atoms with E-state index in [4.69, 9.17) is 4.74 Å². The summed E-state index contributed by atoms with van der Waals surface area (Å²) in [5.74, 6) is -0.879. The number of aliphatic hydroxyl groups excluding tert-OH is 2. The zero-order chi connectivity index (χ0) is 13.9. The molecular weight excluding hydrogens is 244 g/mol. The summed E-state index contributed by atoms with van der Waals surface area (Å²) < 4.78 is 5.32. The molecule has 1 saturated carbocycles. The van der Waals surface area contributed by atoms with Crippen LogP contribution in [0.5, 0.6) is 0 Å². The summed E-state index contributed by atoms with van der Waals surface area (Å²) in [5.41, 5.74) is 1.02. The predicted molar refractivity (Wildman–Crippen MR) is 69.1 cm³/mol. The first-order chi connectivity index (χ1) is 8.86. The summed E-state index contributed by atoms with van der Waals surface area (Å²) >= 11 is 0. The molecule has 6 atom stereocenters. The van der Waals surface area contributed by atoms with Crippen LogP contribution in [0.15, 0.2) is 23.8 Å². The fourth-order valence-electron chi connectivity index (χ4n) is 4.23. The highest BCUT2D eigenvalue weighted by molar-refractivity contribution is 5.91. The molecule has 0 bridgehead atoms. The smallest absolute Gasteiger partial charge is 0.334 e. The van der Waals surface area contributed by atoms with Gasteiger partial charge in [-0.05, 0) is 19.8 Å². The fourth-order valence-corrected chi connectivity index (χ4v) is 4.23. The molecule has 0 aromatic rings. The number of esters is 1. The van der Waals surface area contributed by atoms with Gasteiger partial charge in [0.05, 0.1) is 18.1 Å². The molecule has 1 heterocycles. The van der Waals surface area contributed by atoms with Crippen LogP contribution in [0, 0.1) is 17.3 Å². The van der Waals surface area contributed by atoms with Crippen LogP contribution in [0.25, 0.3) is 0 Å². The molecule has 1 aliphatic heterocycles. The van der Waals surface area contributed by atoms with E-state index >= 15 is 0 Å². The van der Waals surface area contributed by atoms with Crippen LogP contribution in [0.4, 0.5) is 0 Å². The molecule has 2 aliphatic carbocycles. The van der Waals surface area contributed by atoms with Crippen LogP contribution in [0.1, 0.15) is 26.7 Å². The lowest BCUT2D eigenvalue weighted by Crippen LogP contribution is -2.56. The first-order valence-electron chi connectivity index (χ1n) is 6.79. The van der Waals surface area contributed by atoms with Gasteiger partial charge in [-0.15, -0.1) is 0 Å². The molecule has 0 aromatic heterocycles. The van der Waals surface area contributed by atoms with Crippen LogP contribution >= 0.6 is 0 Å². The normalized spacial score (nSPS) is 49.3. The van der Waals surface area contributed by atoms with Crippen molar-refractivity contribution in [2.75, 3.05) is 0 Å². The second kappa shape index (κ2) is 3.93. The molecule has 2 unspecified atom stereocenters.